The SMILES string of the molecule is C[C@H]1CC/C=C\[C@@H]2C[C@@]2(C(=O)NS(=O)(=O)C2(C)CC2)CC(=O)[C@@H]2C[C@@H](Oc3cc(-c4nccs4)nc(-c4nccs4)c3)CN2C(=O)[C@@H](CC(=O)OC(C)(C)C(F)(F)F)[C@H](C)C1. The van der Waals surface area contributed by atoms with Gasteiger partial charge in [-0.1, -0.05) is 26.0 Å². The number of aromatic nitrogens is 3. The quantitative estimate of drug-likeness (QED) is 0.157. The molecular weight excluding hydrogens is 856 g/mol. The number of nitrogens with one attached hydrogen (secondary N) is 1. The highest BCUT2D eigenvalue weighted by molar-refractivity contribution is 7.91. The molecule has 7 atom stereocenters. The smallest absolute Gasteiger partial charge is 0.427 e. The van der Waals surface area contributed by atoms with Crippen molar-refractivity contribution in [1.29, 1.82) is 0 Å². The van der Waals surface area contributed by atoms with Crippen LogP contribution in [0.2, 0.25) is 0 Å². The number of amides is 2. The third kappa shape index (κ3) is 9.57. The second kappa shape index (κ2) is 16.8. The van der Waals surface area contributed by atoms with Crippen LogP contribution in [-0.2, 0) is 33.9 Å². The van der Waals surface area contributed by atoms with Gasteiger partial charge in [0.15, 0.2) is 5.78 Å². The van der Waals surface area contributed by atoms with E-state index in [0.29, 0.717) is 59.3 Å². The molecule has 13 nitrogen and oxygen atoms in total. The van der Waals surface area contributed by atoms with Gasteiger partial charge in [-0.2, -0.15) is 13.2 Å². The first-order chi connectivity index (χ1) is 28.6. The number of rotatable bonds is 10. The molecule has 7 rings (SSSR count). The van der Waals surface area contributed by atoms with Crippen LogP contribution in [0.1, 0.15) is 92.4 Å². The summed E-state index contributed by atoms with van der Waals surface area (Å²) in [6.07, 6.45) is 3.04. The fourth-order valence-corrected chi connectivity index (χ4v) is 10.9. The highest BCUT2D eigenvalue weighted by Gasteiger charge is 2.63. The third-order valence-corrected chi connectivity index (χ3v) is 16.4. The van der Waals surface area contributed by atoms with Gasteiger partial charge >= 0.3 is 12.1 Å². The Labute approximate surface area is 361 Å². The number of sulfonamides is 1. The summed E-state index contributed by atoms with van der Waals surface area (Å²) in [4.78, 5) is 71.9. The normalized spacial score (nSPS) is 28.8. The van der Waals surface area contributed by atoms with Crippen LogP contribution in [-0.4, -0.2) is 87.1 Å². The van der Waals surface area contributed by atoms with Crippen molar-refractivity contribution in [1.82, 2.24) is 24.6 Å². The number of ketones is 1. The number of carbonyl (C=O) groups excluding carboxylic acids is 4. The van der Waals surface area contributed by atoms with E-state index in [0.717, 1.165) is 13.8 Å². The molecule has 2 aliphatic heterocycles. The number of esters is 1. The Hall–Kier alpha value is -4.23. The molecule has 19 heteroatoms. The van der Waals surface area contributed by atoms with Crippen molar-refractivity contribution in [3.8, 4) is 27.2 Å². The number of Topliss-reactive ketones (excluding diaryl/α,β-unsaturated/α-hetero) is 1. The highest BCUT2D eigenvalue weighted by Crippen LogP contribution is 2.58. The van der Waals surface area contributed by atoms with Gasteiger partial charge in [0.05, 0.1) is 35.1 Å². The number of carbonyl (C=O) groups is 4. The van der Waals surface area contributed by atoms with E-state index in [4.69, 9.17) is 14.5 Å². The van der Waals surface area contributed by atoms with Crippen molar-refractivity contribution >= 4 is 56.3 Å². The minimum Gasteiger partial charge on any atom is -0.488 e. The Morgan fingerprint density at radius 2 is 1.66 bits per heavy atom. The zero-order valence-corrected chi connectivity index (χ0v) is 37.0. The molecule has 0 bridgehead atoms. The molecular formula is C42H50F3N5O8S3. The molecule has 0 unspecified atom stereocenters. The average Bonchev–Trinajstić information content (AvgIpc) is 3.73. The van der Waals surface area contributed by atoms with Gasteiger partial charge in [-0.3, -0.25) is 23.9 Å². The van der Waals surface area contributed by atoms with E-state index >= 15 is 0 Å². The zero-order valence-electron chi connectivity index (χ0n) is 34.6. The number of halogens is 3. The number of hydrogen-bond donors (Lipinski definition) is 1. The number of hydrogen-bond acceptors (Lipinski definition) is 13. The molecule has 61 heavy (non-hydrogen) atoms. The molecule has 330 valence electrons. The van der Waals surface area contributed by atoms with E-state index in [1.165, 1.54) is 27.6 Å². The Bertz CT molecular complexity index is 2230. The van der Waals surface area contributed by atoms with Crippen LogP contribution in [0, 0.1) is 29.1 Å². The third-order valence-electron chi connectivity index (χ3n) is 12.6. The number of pyridine rings is 1. The van der Waals surface area contributed by atoms with E-state index in [2.05, 4.69) is 14.7 Å². The van der Waals surface area contributed by atoms with Gasteiger partial charge < -0.3 is 14.4 Å². The topological polar surface area (TPSA) is 175 Å². The van der Waals surface area contributed by atoms with Crippen LogP contribution in [0.4, 0.5) is 13.2 Å². The standard InChI is InChI=1S/C42H50F3N5O8S3/c1-24-8-6-7-9-26-21-41(26,38(54)49-61(55,56)40(5)10-11-40)22-33(51)32-19-28(57-27-17-30(35-46-12-14-59-35)48-31(18-27)36-47-13-15-60-36)23-50(32)37(53)29(25(2)16-24)20-34(52)58-39(3,4)42(43,44)45/h7,9,12-15,17-18,24-26,28-29,32H,6,8,10-11,16,19-23H2,1-5H3,(H,49,54)/b9-7-/t24-,25+,26+,28+,29-,32-,41+/m0/s1. The average molecular weight is 906 g/mol. The maximum absolute atomic E-state index is 14.9. The summed E-state index contributed by atoms with van der Waals surface area (Å²) < 4.78 is 80.7. The number of nitrogens with zero attached hydrogens (tertiary/aromatic N) is 4. The van der Waals surface area contributed by atoms with E-state index in [9.17, 15) is 40.8 Å². The minimum absolute atomic E-state index is 0.0113. The second-order valence-electron chi connectivity index (χ2n) is 17.8. The van der Waals surface area contributed by atoms with Gasteiger partial charge in [0.1, 0.15) is 33.3 Å². The molecule has 0 aromatic carbocycles. The van der Waals surface area contributed by atoms with Gasteiger partial charge in [0.25, 0.3) is 0 Å². The van der Waals surface area contributed by atoms with Gasteiger partial charge in [0.2, 0.25) is 27.4 Å². The lowest BCUT2D eigenvalue weighted by molar-refractivity contribution is -0.257. The van der Waals surface area contributed by atoms with E-state index in [-0.39, 0.29) is 31.7 Å². The second-order valence-corrected chi connectivity index (χ2v) is 21.8. The Kier molecular flexibility index (Phi) is 12.3. The zero-order chi connectivity index (χ0) is 44.1. The van der Waals surface area contributed by atoms with Crippen LogP contribution in [0.3, 0.4) is 0 Å². The monoisotopic (exact) mass is 905 g/mol. The van der Waals surface area contributed by atoms with Crippen molar-refractivity contribution in [3.05, 3.63) is 47.4 Å². The summed E-state index contributed by atoms with van der Waals surface area (Å²) in [5.41, 5.74) is -3.18. The predicted molar refractivity (Wildman–Crippen MR) is 222 cm³/mol. The molecule has 1 saturated heterocycles. The van der Waals surface area contributed by atoms with Crippen LogP contribution < -0.4 is 9.46 Å². The molecule has 3 fully saturated rings. The van der Waals surface area contributed by atoms with Crippen LogP contribution in [0.25, 0.3) is 21.4 Å². The summed E-state index contributed by atoms with van der Waals surface area (Å²) in [5.74, 6) is -4.86. The van der Waals surface area contributed by atoms with Gasteiger partial charge in [-0.25, -0.2) is 23.4 Å². The van der Waals surface area contributed by atoms with E-state index < -0.39 is 91.8 Å². The number of thiazole rings is 2. The predicted octanol–water partition coefficient (Wildman–Crippen LogP) is 7.54. The number of ether oxygens (including phenoxy) is 2. The van der Waals surface area contributed by atoms with Crippen LogP contribution in [0.15, 0.2) is 47.4 Å². The molecule has 2 saturated carbocycles. The molecule has 0 spiro atoms. The summed E-state index contributed by atoms with van der Waals surface area (Å²) in [5, 5.41) is 4.85. The Morgan fingerprint density at radius 3 is 2.23 bits per heavy atom. The van der Waals surface area contributed by atoms with Gasteiger partial charge in [-0.05, 0) is 77.0 Å². The van der Waals surface area contributed by atoms with Crippen molar-refractivity contribution in [3.63, 3.8) is 0 Å². The van der Waals surface area contributed by atoms with Crippen molar-refractivity contribution in [2.24, 2.45) is 29.1 Å². The lowest BCUT2D eigenvalue weighted by Crippen LogP contribution is -2.48. The maximum Gasteiger partial charge on any atom is 0.427 e. The Morgan fingerprint density at radius 1 is 1.02 bits per heavy atom. The fourth-order valence-electron chi connectivity index (χ4n) is 8.33. The molecule has 3 aromatic rings. The molecule has 2 amide bonds. The summed E-state index contributed by atoms with van der Waals surface area (Å²) >= 11 is 2.74. The molecule has 4 aliphatic rings. The molecule has 5 heterocycles. The molecule has 2 aliphatic carbocycles. The summed E-state index contributed by atoms with van der Waals surface area (Å²) in [6.45, 7) is 6.66. The van der Waals surface area contributed by atoms with E-state index in [1.54, 1.807) is 49.1 Å². The first-order valence-electron chi connectivity index (χ1n) is 20.4. The van der Waals surface area contributed by atoms with Gasteiger partial charge in [0, 0.05) is 48.1 Å². The molecule has 0 radical (unpaired) electrons. The molecule has 1 N–H and O–H groups in total. The van der Waals surface area contributed by atoms with Crippen LogP contribution in [0.5, 0.6) is 5.75 Å². The molecule has 3 aromatic heterocycles. The maximum atomic E-state index is 14.9. The van der Waals surface area contributed by atoms with Crippen molar-refractivity contribution in [2.45, 2.75) is 121 Å². The van der Waals surface area contributed by atoms with Crippen molar-refractivity contribution in [2.75, 3.05) is 6.54 Å². The summed E-state index contributed by atoms with van der Waals surface area (Å²) in [7, 11) is -4.04. The fraction of sp³-hybridized carbons (Fsp3) is 0.595. The van der Waals surface area contributed by atoms with Crippen LogP contribution >= 0.6 is 22.7 Å². The number of alkyl halides is 3. The lowest BCUT2D eigenvalue weighted by Gasteiger charge is -2.33. The minimum atomic E-state index is -4.87. The highest BCUT2D eigenvalue weighted by atomic mass is 32.2. The largest absolute Gasteiger partial charge is 0.488 e. The number of fused-ring (bicyclic) bond motifs is 2. The van der Waals surface area contributed by atoms with Crippen molar-refractivity contribution < 1.29 is 50.2 Å². The first kappa shape index (κ1) is 44.8. The summed E-state index contributed by atoms with van der Waals surface area (Å²) in [6, 6.07) is 2.21. The lowest BCUT2D eigenvalue weighted by atomic mass is 9.82. The van der Waals surface area contributed by atoms with Gasteiger partial charge in [-0.15, -0.1) is 22.7 Å². The van der Waals surface area contributed by atoms with E-state index in [1.807, 2.05) is 19.1 Å². The Balaban J connectivity index is 1.23. The first-order valence-corrected chi connectivity index (χ1v) is 23.7. The number of allylic oxidation sites excluding steroid dienone is 2.